The molecule has 0 aromatic heterocycles. The first-order chi connectivity index (χ1) is 7.11. The van der Waals surface area contributed by atoms with Gasteiger partial charge in [0.1, 0.15) is 0 Å². The molecule has 6 heteroatoms. The van der Waals surface area contributed by atoms with Crippen molar-refractivity contribution in [2.45, 2.75) is 13.3 Å². The normalized spacial score (nSPS) is 10.0. The summed E-state index contributed by atoms with van der Waals surface area (Å²) < 4.78 is 0. The molecule has 0 aliphatic carbocycles. The first-order valence-electron chi connectivity index (χ1n) is 4.80. The van der Waals surface area contributed by atoms with E-state index in [0.717, 1.165) is 18.2 Å². The van der Waals surface area contributed by atoms with Crippen LogP contribution in [0.4, 0.5) is 0 Å². The lowest BCUT2D eigenvalue weighted by Gasteiger charge is -2.20. The van der Waals surface area contributed by atoms with Gasteiger partial charge in [0, 0.05) is 13.1 Å². The third-order valence-electron chi connectivity index (χ3n) is 1.67. The third kappa shape index (κ3) is 7.21. The second kappa shape index (κ2) is 8.55. The van der Waals surface area contributed by atoms with Crippen LogP contribution in [0.2, 0.25) is 0 Å². The average molecular weight is 235 g/mol. The minimum absolute atomic E-state index is 0.0602. The molecule has 0 aromatic rings. The standard InChI is InChI=1S/C9H17NO4S/c1-2-3-10(4-5-11)8(12)6-15-7-9(13)14/h11H,2-7H2,1H3,(H,13,14). The molecule has 0 aliphatic rings. The molecule has 0 fully saturated rings. The number of carbonyl (C=O) groups is 2. The van der Waals surface area contributed by atoms with Crippen molar-refractivity contribution < 1.29 is 19.8 Å². The summed E-state index contributed by atoms with van der Waals surface area (Å²) in [7, 11) is 0. The zero-order valence-corrected chi connectivity index (χ0v) is 9.63. The number of rotatable bonds is 8. The molecule has 0 spiro atoms. The molecule has 0 heterocycles. The van der Waals surface area contributed by atoms with Gasteiger partial charge in [0.2, 0.25) is 5.91 Å². The SMILES string of the molecule is CCCN(CCO)C(=O)CSCC(=O)O. The number of hydrogen-bond donors (Lipinski definition) is 2. The van der Waals surface area contributed by atoms with Gasteiger partial charge in [0.05, 0.1) is 18.1 Å². The zero-order chi connectivity index (χ0) is 11.7. The Balaban J connectivity index is 3.85. The number of thioether (sulfide) groups is 1. The Morgan fingerprint density at radius 3 is 2.40 bits per heavy atom. The van der Waals surface area contributed by atoms with Crippen molar-refractivity contribution in [2.24, 2.45) is 0 Å². The maximum absolute atomic E-state index is 11.5. The highest BCUT2D eigenvalue weighted by molar-refractivity contribution is 8.00. The molecule has 15 heavy (non-hydrogen) atoms. The summed E-state index contributed by atoms with van der Waals surface area (Å²) in [4.78, 5) is 23.3. The van der Waals surface area contributed by atoms with E-state index >= 15 is 0 Å². The van der Waals surface area contributed by atoms with Crippen molar-refractivity contribution in [1.82, 2.24) is 4.90 Å². The van der Waals surface area contributed by atoms with Crippen LogP contribution in [0.3, 0.4) is 0 Å². The molecular weight excluding hydrogens is 218 g/mol. The smallest absolute Gasteiger partial charge is 0.313 e. The lowest BCUT2D eigenvalue weighted by molar-refractivity contribution is -0.133. The number of carboxylic acids is 1. The molecule has 0 saturated heterocycles. The Hall–Kier alpha value is -0.750. The fourth-order valence-corrected chi connectivity index (χ4v) is 1.70. The van der Waals surface area contributed by atoms with Gasteiger partial charge in [-0.15, -0.1) is 11.8 Å². The molecule has 0 rings (SSSR count). The maximum atomic E-state index is 11.5. The van der Waals surface area contributed by atoms with Crippen molar-refractivity contribution in [3.63, 3.8) is 0 Å². The summed E-state index contributed by atoms with van der Waals surface area (Å²) in [5.74, 6) is -0.939. The van der Waals surface area contributed by atoms with Crippen molar-refractivity contribution >= 4 is 23.6 Å². The van der Waals surface area contributed by atoms with E-state index < -0.39 is 5.97 Å². The topological polar surface area (TPSA) is 77.8 Å². The predicted octanol–water partition coefficient (Wildman–Crippen LogP) is 0.0351. The minimum Gasteiger partial charge on any atom is -0.481 e. The molecule has 0 aliphatic heterocycles. The molecule has 2 N–H and O–H groups in total. The van der Waals surface area contributed by atoms with E-state index in [1.165, 1.54) is 0 Å². The Morgan fingerprint density at radius 1 is 1.27 bits per heavy atom. The van der Waals surface area contributed by atoms with Crippen LogP contribution >= 0.6 is 11.8 Å². The van der Waals surface area contributed by atoms with E-state index in [0.29, 0.717) is 13.1 Å². The number of aliphatic hydroxyl groups is 1. The van der Waals surface area contributed by atoms with Gasteiger partial charge in [-0.3, -0.25) is 9.59 Å². The summed E-state index contributed by atoms with van der Waals surface area (Å²) in [5.41, 5.74) is 0. The second-order valence-electron chi connectivity index (χ2n) is 2.99. The Labute approximate surface area is 93.5 Å². The summed E-state index contributed by atoms with van der Waals surface area (Å²) in [6, 6.07) is 0. The first-order valence-corrected chi connectivity index (χ1v) is 5.95. The van der Waals surface area contributed by atoms with Crippen LogP contribution in [0.15, 0.2) is 0 Å². The molecule has 1 amide bonds. The highest BCUT2D eigenvalue weighted by Gasteiger charge is 2.12. The van der Waals surface area contributed by atoms with Gasteiger partial charge >= 0.3 is 5.97 Å². The maximum Gasteiger partial charge on any atom is 0.313 e. The van der Waals surface area contributed by atoms with Crippen LogP contribution in [0.5, 0.6) is 0 Å². The highest BCUT2D eigenvalue weighted by Crippen LogP contribution is 2.03. The van der Waals surface area contributed by atoms with Crippen molar-refractivity contribution in [3.05, 3.63) is 0 Å². The van der Waals surface area contributed by atoms with Crippen LogP contribution in [-0.4, -0.2) is 58.2 Å². The van der Waals surface area contributed by atoms with Gasteiger partial charge in [-0.25, -0.2) is 0 Å². The Kier molecular flexibility index (Phi) is 8.12. The largest absolute Gasteiger partial charge is 0.481 e. The van der Waals surface area contributed by atoms with Crippen molar-refractivity contribution in [2.75, 3.05) is 31.2 Å². The number of carbonyl (C=O) groups excluding carboxylic acids is 1. The number of hydrogen-bond acceptors (Lipinski definition) is 4. The number of aliphatic carboxylic acids is 1. The molecule has 5 nitrogen and oxygen atoms in total. The van der Waals surface area contributed by atoms with Crippen LogP contribution in [0, 0.1) is 0 Å². The third-order valence-corrected chi connectivity index (χ3v) is 2.57. The van der Waals surface area contributed by atoms with Crippen LogP contribution in [-0.2, 0) is 9.59 Å². The van der Waals surface area contributed by atoms with E-state index in [2.05, 4.69) is 0 Å². The van der Waals surface area contributed by atoms with E-state index in [9.17, 15) is 9.59 Å². The van der Waals surface area contributed by atoms with Gasteiger partial charge in [-0.05, 0) is 6.42 Å². The van der Waals surface area contributed by atoms with Gasteiger partial charge in [-0.1, -0.05) is 6.92 Å². The fraction of sp³-hybridized carbons (Fsp3) is 0.778. The van der Waals surface area contributed by atoms with E-state index in [4.69, 9.17) is 10.2 Å². The summed E-state index contributed by atoms with van der Waals surface area (Å²) in [6.45, 7) is 2.81. The number of aliphatic hydroxyl groups excluding tert-OH is 1. The Morgan fingerprint density at radius 2 is 1.93 bits per heavy atom. The summed E-state index contributed by atoms with van der Waals surface area (Å²) >= 11 is 1.08. The summed E-state index contributed by atoms with van der Waals surface area (Å²) in [6.07, 6.45) is 0.829. The number of nitrogens with zero attached hydrogens (tertiary/aromatic N) is 1. The summed E-state index contributed by atoms with van der Waals surface area (Å²) in [5, 5.41) is 17.1. The van der Waals surface area contributed by atoms with Gasteiger partial charge < -0.3 is 15.1 Å². The average Bonchev–Trinajstić information content (AvgIpc) is 2.16. The number of carboxylic acid groups (broad SMARTS) is 1. The Bertz CT molecular complexity index is 204. The molecule has 0 unspecified atom stereocenters. The van der Waals surface area contributed by atoms with Crippen molar-refractivity contribution in [3.8, 4) is 0 Å². The van der Waals surface area contributed by atoms with Gasteiger partial charge in [-0.2, -0.15) is 0 Å². The molecular formula is C9H17NO4S. The molecule has 0 atom stereocenters. The minimum atomic E-state index is -0.919. The van der Waals surface area contributed by atoms with Gasteiger partial charge in [0.25, 0.3) is 0 Å². The zero-order valence-electron chi connectivity index (χ0n) is 8.81. The monoisotopic (exact) mass is 235 g/mol. The lowest BCUT2D eigenvalue weighted by atomic mass is 10.4. The van der Waals surface area contributed by atoms with E-state index in [1.54, 1.807) is 4.90 Å². The fourth-order valence-electron chi connectivity index (χ4n) is 1.07. The molecule has 0 aromatic carbocycles. The predicted molar refractivity (Wildman–Crippen MR) is 58.9 cm³/mol. The molecule has 0 saturated carbocycles. The van der Waals surface area contributed by atoms with E-state index in [-0.39, 0.29) is 24.0 Å². The van der Waals surface area contributed by atoms with Gasteiger partial charge in [0.15, 0.2) is 0 Å². The highest BCUT2D eigenvalue weighted by atomic mass is 32.2. The van der Waals surface area contributed by atoms with E-state index in [1.807, 2.05) is 6.92 Å². The first kappa shape index (κ1) is 14.2. The van der Waals surface area contributed by atoms with Crippen LogP contribution in [0.25, 0.3) is 0 Å². The lowest BCUT2D eigenvalue weighted by Crippen LogP contribution is -2.35. The molecule has 0 radical (unpaired) electrons. The second-order valence-corrected chi connectivity index (χ2v) is 3.98. The number of amides is 1. The van der Waals surface area contributed by atoms with Crippen molar-refractivity contribution in [1.29, 1.82) is 0 Å². The van der Waals surface area contributed by atoms with Crippen LogP contribution in [0.1, 0.15) is 13.3 Å². The molecule has 88 valence electrons. The quantitative estimate of drug-likeness (QED) is 0.621. The molecule has 0 bridgehead atoms. The van der Waals surface area contributed by atoms with Crippen LogP contribution < -0.4 is 0 Å².